The van der Waals surface area contributed by atoms with Crippen molar-refractivity contribution in [2.75, 3.05) is 54.4 Å². The number of hydrogen-bond donors (Lipinski definition) is 3. The summed E-state index contributed by atoms with van der Waals surface area (Å²) in [5.41, 5.74) is 4.55. The lowest BCUT2D eigenvalue weighted by Crippen LogP contribution is -2.43. The van der Waals surface area contributed by atoms with E-state index < -0.39 is 10.0 Å². The summed E-state index contributed by atoms with van der Waals surface area (Å²) >= 11 is 0. The highest BCUT2D eigenvalue weighted by Gasteiger charge is 2.28. The normalized spacial score (nSPS) is 14.0. The van der Waals surface area contributed by atoms with E-state index in [0.717, 1.165) is 21.1 Å². The Kier molecular flexibility index (Phi) is 8.68. The van der Waals surface area contributed by atoms with Crippen molar-refractivity contribution in [1.82, 2.24) is 10.2 Å². The first-order chi connectivity index (χ1) is 18.7. The van der Waals surface area contributed by atoms with Crippen LogP contribution in [-0.4, -0.2) is 64.6 Å². The maximum atomic E-state index is 13.0. The van der Waals surface area contributed by atoms with Crippen LogP contribution < -0.4 is 20.3 Å². The molecule has 1 heterocycles. The number of anilines is 3. The van der Waals surface area contributed by atoms with Gasteiger partial charge in [0.15, 0.2) is 0 Å². The van der Waals surface area contributed by atoms with Crippen molar-refractivity contribution in [2.24, 2.45) is 0 Å². The summed E-state index contributed by atoms with van der Waals surface area (Å²) < 4.78 is 26.8. The van der Waals surface area contributed by atoms with E-state index in [4.69, 9.17) is 0 Å². The van der Waals surface area contributed by atoms with Gasteiger partial charge in [-0.25, -0.2) is 8.42 Å². The highest BCUT2D eigenvalue weighted by atomic mass is 32.2. The lowest BCUT2D eigenvalue weighted by molar-refractivity contribution is -0.119. The molecule has 0 aromatic heterocycles. The molecule has 9 nitrogen and oxygen atoms in total. The van der Waals surface area contributed by atoms with Gasteiger partial charge < -0.3 is 20.9 Å². The molecule has 0 fully saturated rings. The molecule has 0 saturated heterocycles. The van der Waals surface area contributed by atoms with E-state index >= 15 is 0 Å². The highest BCUT2D eigenvalue weighted by molar-refractivity contribution is 7.92. The third-order valence-corrected chi connectivity index (χ3v) is 8.02. The Morgan fingerprint density at radius 3 is 2.26 bits per heavy atom. The molecule has 0 aliphatic carbocycles. The molecule has 39 heavy (non-hydrogen) atoms. The molecule has 0 unspecified atom stereocenters. The molecule has 0 radical (unpaired) electrons. The number of para-hydroxylation sites is 1. The van der Waals surface area contributed by atoms with Crippen LogP contribution in [-0.2, 0) is 19.6 Å². The zero-order valence-electron chi connectivity index (χ0n) is 22.3. The molecular weight excluding hydrogens is 514 g/mol. The number of hydrogen-bond acceptors (Lipinski definition) is 6. The summed E-state index contributed by atoms with van der Waals surface area (Å²) in [6, 6.07) is 23.8. The first-order valence-electron chi connectivity index (χ1n) is 12.7. The van der Waals surface area contributed by atoms with Crippen molar-refractivity contribution < 1.29 is 18.0 Å². The van der Waals surface area contributed by atoms with E-state index in [-0.39, 0.29) is 24.1 Å². The van der Waals surface area contributed by atoms with Gasteiger partial charge in [-0.3, -0.25) is 13.9 Å². The van der Waals surface area contributed by atoms with Gasteiger partial charge in [0.1, 0.15) is 6.54 Å². The zero-order chi connectivity index (χ0) is 28.0. The van der Waals surface area contributed by atoms with Crippen LogP contribution in [0.25, 0.3) is 11.3 Å². The van der Waals surface area contributed by atoms with Crippen molar-refractivity contribution in [1.29, 1.82) is 0 Å². The van der Waals surface area contributed by atoms with Gasteiger partial charge in [-0.05, 0) is 56.9 Å². The summed E-state index contributed by atoms with van der Waals surface area (Å²) in [5, 5.41) is 9.06. The zero-order valence-corrected chi connectivity index (χ0v) is 23.1. The molecule has 3 N–H and O–H groups in total. The number of likely N-dealkylation sites (N-methyl/N-ethyl adjacent to an activating group) is 1. The molecule has 2 amide bonds. The monoisotopic (exact) mass is 547 g/mol. The van der Waals surface area contributed by atoms with Gasteiger partial charge in [0.05, 0.1) is 22.7 Å². The number of nitrogens with one attached hydrogen (secondary N) is 3. The van der Waals surface area contributed by atoms with E-state index in [1.807, 2.05) is 73.6 Å². The van der Waals surface area contributed by atoms with Gasteiger partial charge in [-0.15, -0.1) is 0 Å². The Balaban J connectivity index is 1.63. The number of nitrogens with zero attached hydrogens (tertiary/aromatic N) is 2. The molecule has 1 aliphatic heterocycles. The van der Waals surface area contributed by atoms with Crippen LogP contribution in [0.3, 0.4) is 0 Å². The molecule has 0 saturated carbocycles. The molecule has 3 aromatic rings. The van der Waals surface area contributed by atoms with Crippen LogP contribution >= 0.6 is 0 Å². The molecule has 1 aliphatic rings. The summed E-state index contributed by atoms with van der Waals surface area (Å²) in [6.45, 7) is 2.30. The fourth-order valence-corrected chi connectivity index (χ4v) is 5.28. The average Bonchev–Trinajstić information content (AvgIpc) is 3.26. The minimum atomic E-state index is -3.70. The fourth-order valence-electron chi connectivity index (χ4n) is 4.22. The van der Waals surface area contributed by atoms with Gasteiger partial charge >= 0.3 is 0 Å². The second-order valence-corrected chi connectivity index (χ2v) is 11.5. The third-order valence-electron chi connectivity index (χ3n) is 6.28. The highest BCUT2D eigenvalue weighted by Crippen LogP contribution is 2.37. The van der Waals surface area contributed by atoms with Crippen molar-refractivity contribution in [2.45, 2.75) is 6.92 Å². The average molecular weight is 548 g/mol. The lowest BCUT2D eigenvalue weighted by Gasteiger charge is -2.24. The molecule has 4 rings (SSSR count). The van der Waals surface area contributed by atoms with E-state index in [1.54, 1.807) is 31.2 Å². The minimum absolute atomic E-state index is 0.142. The Hall–Kier alpha value is -4.15. The van der Waals surface area contributed by atoms with Crippen molar-refractivity contribution in [3.8, 4) is 0 Å². The maximum Gasteiger partial charge on any atom is 0.258 e. The molecule has 0 bridgehead atoms. The Labute approximate surface area is 229 Å². The van der Waals surface area contributed by atoms with Gasteiger partial charge in [0.25, 0.3) is 5.91 Å². The number of carbonyl (C=O) groups excluding carboxylic acids is 2. The van der Waals surface area contributed by atoms with E-state index in [0.29, 0.717) is 35.7 Å². The van der Waals surface area contributed by atoms with Crippen LogP contribution in [0.2, 0.25) is 0 Å². The van der Waals surface area contributed by atoms with Gasteiger partial charge in [0.2, 0.25) is 15.9 Å². The number of carbonyl (C=O) groups is 2. The van der Waals surface area contributed by atoms with E-state index in [2.05, 4.69) is 16.0 Å². The molecule has 0 atom stereocenters. The second kappa shape index (κ2) is 12.1. The quantitative estimate of drug-likeness (QED) is 0.317. The van der Waals surface area contributed by atoms with E-state index in [1.165, 1.54) is 0 Å². The first kappa shape index (κ1) is 27.9. The SMILES string of the molecule is CCS(=O)(=O)N(CC(=O)NCCN(C)C)c1ccc(NC(=C2C(=O)Nc3ccccc32)c2ccccc2)cc1. The first-order valence-corrected chi connectivity index (χ1v) is 14.3. The largest absolute Gasteiger partial charge is 0.354 e. The van der Waals surface area contributed by atoms with Gasteiger partial charge in [-0.1, -0.05) is 48.5 Å². The van der Waals surface area contributed by atoms with Gasteiger partial charge in [0, 0.05) is 30.0 Å². The summed E-state index contributed by atoms with van der Waals surface area (Å²) in [6.07, 6.45) is 0. The molecular formula is C29H33N5O4S. The lowest BCUT2D eigenvalue weighted by atomic mass is 10.00. The number of amides is 2. The Morgan fingerprint density at radius 1 is 0.923 bits per heavy atom. The second-order valence-electron chi connectivity index (χ2n) is 9.35. The van der Waals surface area contributed by atoms with E-state index in [9.17, 15) is 18.0 Å². The fraction of sp³-hybridized carbons (Fsp3) is 0.241. The number of benzene rings is 3. The Bertz CT molecular complexity index is 1470. The van der Waals surface area contributed by atoms with Crippen LogP contribution in [0.5, 0.6) is 0 Å². The standard InChI is InChI=1S/C29H33N5O4S/c1-4-39(37,38)34(20-26(35)30-18-19-33(2)3)23-16-14-22(15-17-23)31-28(21-10-6-5-7-11-21)27-24-12-8-9-13-25(24)32-29(27)36/h5-17,31H,4,18-20H2,1-3H3,(H,30,35)(H,32,36). The number of sulfonamides is 1. The summed E-state index contributed by atoms with van der Waals surface area (Å²) in [4.78, 5) is 27.5. The van der Waals surface area contributed by atoms with Crippen LogP contribution in [0.15, 0.2) is 78.9 Å². The summed E-state index contributed by atoms with van der Waals surface area (Å²) in [7, 11) is 0.0879. The minimum Gasteiger partial charge on any atom is -0.354 e. The molecule has 10 heteroatoms. The Morgan fingerprint density at radius 2 is 1.59 bits per heavy atom. The third kappa shape index (κ3) is 6.65. The molecule has 0 spiro atoms. The van der Waals surface area contributed by atoms with Crippen molar-refractivity contribution in [3.05, 3.63) is 90.0 Å². The number of fused-ring (bicyclic) bond motifs is 1. The molecule has 3 aromatic carbocycles. The van der Waals surface area contributed by atoms with Crippen molar-refractivity contribution in [3.63, 3.8) is 0 Å². The maximum absolute atomic E-state index is 13.0. The van der Waals surface area contributed by atoms with Gasteiger partial charge in [-0.2, -0.15) is 0 Å². The van der Waals surface area contributed by atoms with Crippen molar-refractivity contribution >= 4 is 50.2 Å². The smallest absolute Gasteiger partial charge is 0.258 e. The molecule has 204 valence electrons. The number of rotatable bonds is 11. The summed E-state index contributed by atoms with van der Waals surface area (Å²) in [5.74, 6) is -0.728. The predicted molar refractivity (Wildman–Crippen MR) is 157 cm³/mol. The predicted octanol–water partition coefficient (Wildman–Crippen LogP) is 3.45. The van der Waals surface area contributed by atoms with Crippen LogP contribution in [0.4, 0.5) is 17.1 Å². The topological polar surface area (TPSA) is 111 Å². The van der Waals surface area contributed by atoms with Crippen LogP contribution in [0, 0.1) is 0 Å². The van der Waals surface area contributed by atoms with Crippen LogP contribution in [0.1, 0.15) is 18.1 Å².